The second-order valence-electron chi connectivity index (χ2n) is 8.09. The molecule has 0 bridgehead atoms. The topological polar surface area (TPSA) is 63.0 Å². The van der Waals surface area contributed by atoms with Gasteiger partial charge in [-0.05, 0) is 37.6 Å². The molecule has 0 aliphatic carbocycles. The van der Waals surface area contributed by atoms with Crippen LogP contribution in [-0.2, 0) is 6.54 Å². The molecule has 0 spiro atoms. The molecule has 4 rings (SSSR count). The second-order valence-corrected chi connectivity index (χ2v) is 9.24. The normalized spacial score (nSPS) is 23.3. The molecule has 1 aromatic carbocycles. The van der Waals surface area contributed by atoms with Gasteiger partial charge in [-0.25, -0.2) is 14.4 Å². The van der Waals surface area contributed by atoms with Crippen LogP contribution < -0.4 is 9.64 Å². The van der Waals surface area contributed by atoms with Crippen molar-refractivity contribution in [3.63, 3.8) is 0 Å². The molecule has 33 heavy (non-hydrogen) atoms. The van der Waals surface area contributed by atoms with Crippen LogP contribution in [0.3, 0.4) is 0 Å². The van der Waals surface area contributed by atoms with Crippen LogP contribution in [0.15, 0.2) is 52.4 Å². The lowest BCUT2D eigenvalue weighted by molar-refractivity contribution is 0.249. The maximum Gasteiger partial charge on any atom is 0.200 e. The van der Waals surface area contributed by atoms with Crippen molar-refractivity contribution < 1.29 is 13.5 Å². The summed E-state index contributed by atoms with van der Waals surface area (Å²) in [4.78, 5) is 19.1. The average molecular weight is 472 g/mol. The molecule has 2 aliphatic heterocycles. The van der Waals surface area contributed by atoms with E-state index in [1.807, 2.05) is 23.6 Å². The van der Waals surface area contributed by atoms with Crippen molar-refractivity contribution in [1.82, 2.24) is 9.97 Å². The number of rotatable bonds is 7. The fraction of sp³-hybridized carbons (Fsp3) is 0.417. The van der Waals surface area contributed by atoms with E-state index in [9.17, 15) is 8.78 Å². The minimum Gasteiger partial charge on any atom is -0.490 e. The number of nitrogens with zero attached hydrogens (tertiary/aromatic N) is 5. The molecule has 0 amide bonds. The Kier molecular flexibility index (Phi) is 7.69. The fourth-order valence-corrected chi connectivity index (χ4v) is 5.36. The summed E-state index contributed by atoms with van der Waals surface area (Å²) < 4.78 is 34.7. The van der Waals surface area contributed by atoms with E-state index in [1.54, 1.807) is 30.7 Å². The van der Waals surface area contributed by atoms with Gasteiger partial charge in [0.1, 0.15) is 5.82 Å². The third-order valence-corrected chi connectivity index (χ3v) is 7.14. The van der Waals surface area contributed by atoms with E-state index in [0.29, 0.717) is 43.5 Å². The molecular weight excluding hydrogens is 444 g/mol. The Morgan fingerprint density at radius 1 is 1.30 bits per heavy atom. The number of thioether (sulfide) groups is 1. The van der Waals surface area contributed by atoms with Gasteiger partial charge in [0.05, 0.1) is 19.2 Å². The number of piperidine rings is 1. The van der Waals surface area contributed by atoms with Gasteiger partial charge in [-0.3, -0.25) is 9.98 Å². The highest BCUT2D eigenvalue weighted by molar-refractivity contribution is 7.99. The number of halogens is 2. The first-order valence-corrected chi connectivity index (χ1v) is 12.1. The Labute approximate surface area is 196 Å². The Balaban J connectivity index is 1.54. The van der Waals surface area contributed by atoms with Crippen LogP contribution in [0.2, 0.25) is 0 Å². The van der Waals surface area contributed by atoms with Crippen molar-refractivity contribution in [2.24, 2.45) is 15.9 Å². The first-order valence-electron chi connectivity index (χ1n) is 11.0. The zero-order chi connectivity index (χ0) is 23.2. The minimum atomic E-state index is -0.942. The highest BCUT2D eigenvalue weighted by atomic mass is 32.2. The van der Waals surface area contributed by atoms with Gasteiger partial charge >= 0.3 is 0 Å². The third kappa shape index (κ3) is 5.58. The van der Waals surface area contributed by atoms with Crippen LogP contribution in [0.4, 0.5) is 14.5 Å². The summed E-state index contributed by atoms with van der Waals surface area (Å²) in [5.41, 5.74) is 2.33. The van der Waals surface area contributed by atoms with Crippen molar-refractivity contribution in [2.45, 2.75) is 32.4 Å². The van der Waals surface area contributed by atoms with Crippen LogP contribution in [-0.4, -0.2) is 53.1 Å². The highest BCUT2D eigenvalue weighted by Crippen LogP contribution is 2.33. The van der Waals surface area contributed by atoms with Gasteiger partial charge in [-0.2, -0.15) is 16.2 Å². The van der Waals surface area contributed by atoms with E-state index in [1.165, 1.54) is 6.07 Å². The van der Waals surface area contributed by atoms with Crippen LogP contribution in [0.1, 0.15) is 25.6 Å². The lowest BCUT2D eigenvalue weighted by Gasteiger charge is -2.38. The highest BCUT2D eigenvalue weighted by Gasteiger charge is 2.29. The Morgan fingerprint density at radius 3 is 2.85 bits per heavy atom. The van der Waals surface area contributed by atoms with E-state index < -0.39 is 11.6 Å². The quantitative estimate of drug-likeness (QED) is 0.547. The van der Waals surface area contributed by atoms with Gasteiger partial charge in [0.25, 0.3) is 0 Å². The molecule has 174 valence electrons. The molecular formula is C24H27F2N5OS. The average Bonchev–Trinajstić information content (AvgIpc) is 3.35. The Hall–Kier alpha value is -2.81. The molecule has 0 radical (unpaired) electrons. The summed E-state index contributed by atoms with van der Waals surface area (Å²) in [6.07, 6.45) is 6.70. The van der Waals surface area contributed by atoms with E-state index in [-0.39, 0.29) is 11.8 Å². The number of aliphatic imine (C=N–C) groups is 2. The molecule has 2 unspecified atom stereocenters. The number of aromatic nitrogens is 2. The number of anilines is 1. The summed E-state index contributed by atoms with van der Waals surface area (Å²) >= 11 is 1.86. The van der Waals surface area contributed by atoms with Crippen molar-refractivity contribution in [2.75, 3.05) is 29.6 Å². The van der Waals surface area contributed by atoms with Gasteiger partial charge < -0.3 is 9.64 Å². The summed E-state index contributed by atoms with van der Waals surface area (Å²) in [7, 11) is 0. The molecule has 2 aromatic rings. The van der Waals surface area contributed by atoms with Crippen molar-refractivity contribution in [3.8, 4) is 5.75 Å². The van der Waals surface area contributed by atoms with Crippen LogP contribution >= 0.6 is 11.8 Å². The van der Waals surface area contributed by atoms with Crippen molar-refractivity contribution in [1.29, 1.82) is 0 Å². The fourth-order valence-electron chi connectivity index (χ4n) is 4.10. The molecule has 3 heterocycles. The molecule has 2 aliphatic rings. The smallest absolute Gasteiger partial charge is 0.200 e. The number of ether oxygens (including phenoxy) is 1. The van der Waals surface area contributed by atoms with Crippen LogP contribution in [0, 0.1) is 17.6 Å². The van der Waals surface area contributed by atoms with E-state index >= 15 is 0 Å². The zero-order valence-corrected chi connectivity index (χ0v) is 19.4. The van der Waals surface area contributed by atoms with E-state index in [4.69, 9.17) is 9.73 Å². The first-order chi connectivity index (χ1) is 16.1. The summed E-state index contributed by atoms with van der Waals surface area (Å²) in [5.74, 6) is 1.19. The molecule has 1 aromatic heterocycles. The summed E-state index contributed by atoms with van der Waals surface area (Å²) in [6, 6.07) is 4.42. The molecule has 2 fully saturated rings. The number of hydrogen-bond acceptors (Lipinski definition) is 7. The maximum absolute atomic E-state index is 14.5. The van der Waals surface area contributed by atoms with Gasteiger partial charge in [0.2, 0.25) is 5.82 Å². The second kappa shape index (κ2) is 10.9. The zero-order valence-electron chi connectivity index (χ0n) is 18.6. The van der Waals surface area contributed by atoms with Gasteiger partial charge in [-0.15, -0.1) is 0 Å². The van der Waals surface area contributed by atoms with E-state index in [0.717, 1.165) is 29.2 Å². The van der Waals surface area contributed by atoms with Gasteiger partial charge in [-0.1, -0.05) is 0 Å². The lowest BCUT2D eigenvalue weighted by Crippen LogP contribution is -2.43. The number of hydrogen-bond donors (Lipinski definition) is 0. The maximum atomic E-state index is 14.5. The molecule has 2 saturated heterocycles. The predicted octanol–water partition coefficient (Wildman–Crippen LogP) is 4.71. The SMILES string of the molecule is C=N/C=C1\C(=N/Cc2ncccn2)CCN(c2cc(F)c(F)c(OCC3CCSC3)c2)C1C. The first kappa shape index (κ1) is 23.4. The number of benzene rings is 1. The predicted molar refractivity (Wildman–Crippen MR) is 130 cm³/mol. The minimum absolute atomic E-state index is 0.0397. The lowest BCUT2D eigenvalue weighted by atomic mass is 9.94. The summed E-state index contributed by atoms with van der Waals surface area (Å²) in [5, 5.41) is 0. The van der Waals surface area contributed by atoms with E-state index in [2.05, 4.69) is 21.7 Å². The van der Waals surface area contributed by atoms with Gasteiger partial charge in [0, 0.05) is 66.6 Å². The van der Waals surface area contributed by atoms with Crippen LogP contribution in [0.5, 0.6) is 5.75 Å². The Morgan fingerprint density at radius 2 is 2.12 bits per heavy atom. The third-order valence-electron chi connectivity index (χ3n) is 5.91. The molecule has 2 atom stereocenters. The van der Waals surface area contributed by atoms with Crippen molar-refractivity contribution >= 4 is 29.9 Å². The standard InChI is InChI=1S/C24H27F2N5OS/c1-16-19(12-27-2)21(30-13-23-28-6-3-7-29-23)4-8-31(16)18-10-20(25)24(26)22(11-18)32-14-17-5-9-33-15-17/h3,6-7,10-12,16-17H,2,4-5,8-9,13-15H2,1H3/b19-12-,30-21-. The molecule has 6 nitrogen and oxygen atoms in total. The van der Waals surface area contributed by atoms with Crippen LogP contribution in [0.25, 0.3) is 0 Å². The van der Waals surface area contributed by atoms with Crippen molar-refractivity contribution in [3.05, 3.63) is 59.8 Å². The molecule has 0 saturated carbocycles. The Bertz CT molecular complexity index is 1040. The van der Waals surface area contributed by atoms with Gasteiger partial charge in [0.15, 0.2) is 11.6 Å². The largest absolute Gasteiger partial charge is 0.490 e. The molecule has 0 N–H and O–H groups in total. The summed E-state index contributed by atoms with van der Waals surface area (Å²) in [6.45, 7) is 6.92. The molecule has 9 heteroatoms. The monoisotopic (exact) mass is 471 g/mol.